The maximum atomic E-state index is 12.3. The molecule has 0 aliphatic rings. The summed E-state index contributed by atoms with van der Waals surface area (Å²) in [6.07, 6.45) is -3.25. The van der Waals surface area contributed by atoms with Crippen LogP contribution in [0.2, 0.25) is 5.02 Å². The van der Waals surface area contributed by atoms with Gasteiger partial charge in [0.25, 0.3) is 5.91 Å². The molecule has 0 aliphatic heterocycles. The summed E-state index contributed by atoms with van der Waals surface area (Å²) < 4.78 is 46.8. The van der Waals surface area contributed by atoms with Crippen LogP contribution >= 0.6 is 11.6 Å². The van der Waals surface area contributed by atoms with E-state index < -0.39 is 12.3 Å². The number of benzene rings is 4. The Hall–Kier alpha value is -4.24. The number of nitrogens with zero attached hydrogens (tertiary/aromatic N) is 1. The number of hydrazone groups is 1. The van der Waals surface area contributed by atoms with Crippen molar-refractivity contribution in [1.29, 1.82) is 0 Å². The van der Waals surface area contributed by atoms with Crippen LogP contribution in [0.4, 0.5) is 13.2 Å². The van der Waals surface area contributed by atoms with Gasteiger partial charge in [0, 0.05) is 16.5 Å². The second-order valence-electron chi connectivity index (χ2n) is 7.54. The first-order valence-electron chi connectivity index (χ1n) is 10.5. The highest BCUT2D eigenvalue weighted by Crippen LogP contribution is 2.29. The van der Waals surface area contributed by atoms with Gasteiger partial charge >= 0.3 is 6.36 Å². The van der Waals surface area contributed by atoms with Crippen molar-refractivity contribution < 1.29 is 32.5 Å². The smallest absolute Gasteiger partial charge is 0.506 e. The maximum Gasteiger partial charge on any atom is 0.573 e. The first-order valence-corrected chi connectivity index (χ1v) is 10.9. The summed E-state index contributed by atoms with van der Waals surface area (Å²) in [5, 5.41) is 15.1. The molecule has 0 aromatic heterocycles. The van der Waals surface area contributed by atoms with E-state index in [1.165, 1.54) is 48.7 Å². The van der Waals surface area contributed by atoms with Crippen LogP contribution < -0.4 is 14.9 Å². The van der Waals surface area contributed by atoms with E-state index in [1.54, 1.807) is 12.1 Å². The van der Waals surface area contributed by atoms with Crippen LogP contribution in [0.3, 0.4) is 0 Å². The van der Waals surface area contributed by atoms with Gasteiger partial charge in [0.05, 0.1) is 11.2 Å². The molecule has 4 aromatic carbocycles. The van der Waals surface area contributed by atoms with Crippen molar-refractivity contribution >= 4 is 34.5 Å². The minimum atomic E-state index is -4.75. The van der Waals surface area contributed by atoms with E-state index in [4.69, 9.17) is 16.3 Å². The van der Waals surface area contributed by atoms with Crippen LogP contribution in [0.15, 0.2) is 84.0 Å². The molecule has 0 spiro atoms. The zero-order valence-corrected chi connectivity index (χ0v) is 19.2. The fourth-order valence-corrected chi connectivity index (χ4v) is 3.54. The number of carbonyl (C=O) groups is 1. The number of rotatable bonds is 7. The van der Waals surface area contributed by atoms with E-state index in [2.05, 4.69) is 15.3 Å². The van der Waals surface area contributed by atoms with Gasteiger partial charge in [-0.2, -0.15) is 5.10 Å². The van der Waals surface area contributed by atoms with Gasteiger partial charge in [0.2, 0.25) is 0 Å². The number of carbonyl (C=O) groups excluding carboxylic acids is 1. The fourth-order valence-electron chi connectivity index (χ4n) is 3.35. The predicted molar refractivity (Wildman–Crippen MR) is 130 cm³/mol. The number of phenols is 1. The van der Waals surface area contributed by atoms with E-state index in [0.717, 1.165) is 16.3 Å². The summed E-state index contributed by atoms with van der Waals surface area (Å²) in [6, 6.07) is 20.4. The van der Waals surface area contributed by atoms with Crippen molar-refractivity contribution in [1.82, 2.24) is 5.43 Å². The molecular weight excluding hydrogens is 497 g/mol. The van der Waals surface area contributed by atoms with Gasteiger partial charge in [-0.25, -0.2) is 5.43 Å². The number of alkyl halides is 3. The fraction of sp³-hybridized carbons (Fsp3) is 0.0769. The van der Waals surface area contributed by atoms with E-state index in [0.29, 0.717) is 11.3 Å². The number of aromatic hydroxyl groups is 1. The minimum absolute atomic E-state index is 0.0544. The van der Waals surface area contributed by atoms with E-state index in [-0.39, 0.29) is 28.7 Å². The van der Waals surface area contributed by atoms with E-state index >= 15 is 0 Å². The zero-order valence-electron chi connectivity index (χ0n) is 18.4. The highest BCUT2D eigenvalue weighted by atomic mass is 35.5. The summed E-state index contributed by atoms with van der Waals surface area (Å²) in [7, 11) is 0. The third kappa shape index (κ3) is 6.25. The highest BCUT2D eigenvalue weighted by Gasteiger charge is 2.30. The quantitative estimate of drug-likeness (QED) is 0.220. The maximum absolute atomic E-state index is 12.3. The average molecular weight is 515 g/mol. The zero-order chi connectivity index (χ0) is 25.7. The average Bonchev–Trinajstić information content (AvgIpc) is 2.85. The van der Waals surface area contributed by atoms with Crippen LogP contribution in [0.5, 0.6) is 17.2 Å². The Morgan fingerprint density at radius 2 is 1.72 bits per heavy atom. The van der Waals surface area contributed by atoms with Crippen LogP contribution in [0.1, 0.15) is 21.5 Å². The lowest BCUT2D eigenvalue weighted by Gasteiger charge is -2.12. The summed E-state index contributed by atoms with van der Waals surface area (Å²) in [6.45, 7) is 0.134. The van der Waals surface area contributed by atoms with Gasteiger partial charge in [-0.05, 0) is 53.4 Å². The monoisotopic (exact) mass is 514 g/mol. The van der Waals surface area contributed by atoms with E-state index in [1.807, 2.05) is 24.3 Å². The van der Waals surface area contributed by atoms with Gasteiger partial charge in [-0.1, -0.05) is 48.0 Å². The molecule has 2 N–H and O–H groups in total. The number of fused-ring (bicyclic) bond motifs is 1. The van der Waals surface area contributed by atoms with Crippen LogP contribution in [-0.4, -0.2) is 23.6 Å². The number of nitrogens with one attached hydrogen (secondary N) is 1. The van der Waals surface area contributed by atoms with Crippen molar-refractivity contribution in [3.8, 4) is 17.2 Å². The van der Waals surface area contributed by atoms with Gasteiger partial charge in [-0.15, -0.1) is 13.2 Å². The number of phenolic OH excluding ortho intramolecular Hbond substituents is 1. The molecule has 36 heavy (non-hydrogen) atoms. The number of halogens is 4. The second kappa shape index (κ2) is 10.6. The van der Waals surface area contributed by atoms with Gasteiger partial charge in [0.15, 0.2) is 0 Å². The Labute approximate surface area is 208 Å². The first kappa shape index (κ1) is 24.9. The Morgan fingerprint density at radius 1 is 1.00 bits per heavy atom. The Balaban J connectivity index is 1.45. The van der Waals surface area contributed by atoms with Crippen molar-refractivity contribution in [2.45, 2.75) is 13.0 Å². The number of ether oxygens (including phenoxy) is 2. The molecule has 0 bridgehead atoms. The van der Waals surface area contributed by atoms with Crippen molar-refractivity contribution in [3.05, 3.63) is 101 Å². The molecule has 10 heteroatoms. The van der Waals surface area contributed by atoms with Gasteiger partial charge < -0.3 is 14.6 Å². The number of amides is 1. The summed E-state index contributed by atoms with van der Waals surface area (Å²) in [5.41, 5.74) is 4.04. The molecule has 0 saturated carbocycles. The third-order valence-corrected chi connectivity index (χ3v) is 5.35. The summed E-state index contributed by atoms with van der Waals surface area (Å²) in [4.78, 5) is 12.3. The number of hydrogen-bond donors (Lipinski definition) is 2. The molecule has 6 nitrogen and oxygen atoms in total. The van der Waals surface area contributed by atoms with Crippen LogP contribution in [0.25, 0.3) is 10.8 Å². The molecule has 4 aromatic rings. The van der Waals surface area contributed by atoms with Gasteiger partial charge in [0.1, 0.15) is 23.9 Å². The lowest BCUT2D eigenvalue weighted by Crippen LogP contribution is -2.17. The molecule has 4 rings (SSSR count). The normalized spacial score (nSPS) is 11.6. The summed E-state index contributed by atoms with van der Waals surface area (Å²) >= 11 is 5.84. The molecule has 0 aliphatic carbocycles. The molecule has 1 amide bonds. The minimum Gasteiger partial charge on any atom is -0.506 e. The molecule has 0 heterocycles. The Bertz CT molecular complexity index is 1420. The van der Waals surface area contributed by atoms with Crippen LogP contribution in [-0.2, 0) is 6.61 Å². The van der Waals surface area contributed by atoms with E-state index in [9.17, 15) is 23.1 Å². The third-order valence-electron chi connectivity index (χ3n) is 5.05. The highest BCUT2D eigenvalue weighted by molar-refractivity contribution is 6.32. The lowest BCUT2D eigenvalue weighted by atomic mass is 10.0. The molecule has 0 radical (unpaired) electrons. The second-order valence-corrected chi connectivity index (χ2v) is 7.95. The molecule has 0 fully saturated rings. The Kier molecular flexibility index (Phi) is 7.30. The molecule has 0 atom stereocenters. The number of hydrogen-bond acceptors (Lipinski definition) is 5. The summed E-state index contributed by atoms with van der Waals surface area (Å²) in [5.74, 6) is -0.357. The lowest BCUT2D eigenvalue weighted by molar-refractivity contribution is -0.274. The molecule has 0 saturated heterocycles. The topological polar surface area (TPSA) is 80.2 Å². The Morgan fingerprint density at radius 3 is 2.42 bits per heavy atom. The van der Waals surface area contributed by atoms with Crippen molar-refractivity contribution in [2.24, 2.45) is 5.10 Å². The van der Waals surface area contributed by atoms with Gasteiger partial charge in [-0.3, -0.25) is 4.79 Å². The van der Waals surface area contributed by atoms with Crippen LogP contribution in [0, 0.1) is 0 Å². The predicted octanol–water partition coefficient (Wildman–Crippen LogP) is 6.44. The molecular formula is C26H18ClF3N2O4. The SMILES string of the molecule is O=C(N/N=C/c1ccc(OCc2ccc(OC(F)(F)F)cc2)c2ccccc12)c1ccc(O)c(Cl)c1. The standard InChI is InChI=1S/C26H18ClF3N2O4/c27-22-13-17(7-11-23(22)33)25(34)32-31-14-18-8-12-24(21-4-2-1-3-20(18)21)35-15-16-5-9-19(10-6-16)36-26(28,29)30/h1-14,33H,15H2,(H,32,34)/b31-14+. The largest absolute Gasteiger partial charge is 0.573 e. The first-order chi connectivity index (χ1) is 17.2. The molecule has 0 unspecified atom stereocenters. The molecule has 184 valence electrons. The van der Waals surface area contributed by atoms with Crippen molar-refractivity contribution in [3.63, 3.8) is 0 Å². The van der Waals surface area contributed by atoms with Crippen molar-refractivity contribution in [2.75, 3.05) is 0 Å².